The van der Waals surface area contributed by atoms with E-state index in [-0.39, 0.29) is 11.9 Å². The largest absolute Gasteiger partial charge is 0.348 e. The number of carbonyl (C=O) groups excluding carboxylic acids is 1. The van der Waals surface area contributed by atoms with E-state index in [1.807, 2.05) is 6.92 Å². The van der Waals surface area contributed by atoms with Gasteiger partial charge in [-0.15, -0.1) is 0 Å². The van der Waals surface area contributed by atoms with Crippen molar-refractivity contribution in [1.82, 2.24) is 19.9 Å². The number of fused-ring (bicyclic) bond motifs is 1. The number of hydrogen-bond donors (Lipinski definition) is 2. The molecule has 90 valence electrons. The van der Waals surface area contributed by atoms with Gasteiger partial charge < -0.3 is 11.1 Å². The van der Waals surface area contributed by atoms with Gasteiger partial charge in [0.15, 0.2) is 0 Å². The topological polar surface area (TPSA) is 85.3 Å². The molecule has 2 aromatic heterocycles. The zero-order chi connectivity index (χ0) is 12.3. The van der Waals surface area contributed by atoms with E-state index < -0.39 is 0 Å². The van der Waals surface area contributed by atoms with Gasteiger partial charge in [0, 0.05) is 25.0 Å². The third kappa shape index (κ3) is 2.26. The van der Waals surface area contributed by atoms with E-state index in [0.717, 1.165) is 6.42 Å². The van der Waals surface area contributed by atoms with Gasteiger partial charge in [-0.05, 0) is 6.42 Å². The van der Waals surface area contributed by atoms with Gasteiger partial charge in [0.25, 0.3) is 5.91 Å². The van der Waals surface area contributed by atoms with Crippen LogP contribution in [0.5, 0.6) is 0 Å². The van der Waals surface area contributed by atoms with Crippen molar-refractivity contribution in [3.8, 4) is 0 Å². The summed E-state index contributed by atoms with van der Waals surface area (Å²) < 4.78 is 1.62. The standard InChI is InChI=1S/C11H15N5O/c1-2-8(5-12)15-11(17)9-6-14-16-4-3-13-7-10(9)16/h3-4,6-8H,2,5,12H2,1H3,(H,15,17). The Balaban J connectivity index is 2.25. The molecule has 1 amide bonds. The molecular formula is C11H15N5O. The summed E-state index contributed by atoms with van der Waals surface area (Å²) in [7, 11) is 0. The van der Waals surface area contributed by atoms with Crippen molar-refractivity contribution in [1.29, 1.82) is 0 Å². The predicted octanol–water partition coefficient (Wildman–Crippen LogP) is 0.196. The fourth-order valence-corrected chi connectivity index (χ4v) is 1.60. The second-order valence-electron chi connectivity index (χ2n) is 3.78. The van der Waals surface area contributed by atoms with E-state index in [1.165, 1.54) is 6.20 Å². The molecule has 2 rings (SSSR count). The summed E-state index contributed by atoms with van der Waals surface area (Å²) in [5.41, 5.74) is 6.76. The average molecular weight is 233 g/mol. The van der Waals surface area contributed by atoms with Crippen LogP contribution in [0.3, 0.4) is 0 Å². The Morgan fingerprint density at radius 2 is 2.41 bits per heavy atom. The number of nitrogens with one attached hydrogen (secondary N) is 1. The lowest BCUT2D eigenvalue weighted by Gasteiger charge is -2.13. The smallest absolute Gasteiger partial charge is 0.255 e. The number of hydrogen-bond acceptors (Lipinski definition) is 4. The zero-order valence-electron chi connectivity index (χ0n) is 9.63. The highest BCUT2D eigenvalue weighted by molar-refractivity contribution is 6.00. The van der Waals surface area contributed by atoms with Gasteiger partial charge in [-0.3, -0.25) is 9.78 Å². The molecule has 0 aliphatic heterocycles. The first kappa shape index (κ1) is 11.5. The lowest BCUT2D eigenvalue weighted by molar-refractivity contribution is 0.0939. The molecule has 0 saturated heterocycles. The molecule has 0 spiro atoms. The maximum absolute atomic E-state index is 12.0. The average Bonchev–Trinajstić information content (AvgIpc) is 2.79. The van der Waals surface area contributed by atoms with E-state index in [1.54, 1.807) is 23.1 Å². The summed E-state index contributed by atoms with van der Waals surface area (Å²) in [5, 5.41) is 6.95. The van der Waals surface area contributed by atoms with E-state index in [4.69, 9.17) is 5.73 Å². The molecule has 6 heteroatoms. The number of nitrogens with zero attached hydrogens (tertiary/aromatic N) is 3. The normalized spacial score (nSPS) is 12.6. The Hall–Kier alpha value is -1.95. The lowest BCUT2D eigenvalue weighted by atomic mass is 10.2. The van der Waals surface area contributed by atoms with Gasteiger partial charge >= 0.3 is 0 Å². The first-order chi connectivity index (χ1) is 8.26. The van der Waals surface area contributed by atoms with Crippen LogP contribution in [0.1, 0.15) is 23.7 Å². The Bertz CT molecular complexity index is 517. The number of nitrogens with two attached hydrogens (primary N) is 1. The fraction of sp³-hybridized carbons (Fsp3) is 0.364. The quantitative estimate of drug-likeness (QED) is 0.789. The second kappa shape index (κ2) is 4.92. The Kier molecular flexibility index (Phi) is 3.34. The molecule has 2 aromatic rings. The van der Waals surface area contributed by atoms with Crippen LogP contribution in [0.25, 0.3) is 5.52 Å². The van der Waals surface area contributed by atoms with Crippen molar-refractivity contribution >= 4 is 11.4 Å². The van der Waals surface area contributed by atoms with Crippen molar-refractivity contribution in [2.75, 3.05) is 6.54 Å². The second-order valence-corrected chi connectivity index (χ2v) is 3.78. The summed E-state index contributed by atoms with van der Waals surface area (Å²) >= 11 is 0. The number of carbonyl (C=O) groups is 1. The lowest BCUT2D eigenvalue weighted by Crippen LogP contribution is -2.39. The third-order valence-corrected chi connectivity index (χ3v) is 2.68. The van der Waals surface area contributed by atoms with E-state index in [0.29, 0.717) is 17.6 Å². The zero-order valence-corrected chi connectivity index (χ0v) is 9.63. The minimum atomic E-state index is -0.162. The highest BCUT2D eigenvalue weighted by Crippen LogP contribution is 2.08. The fourth-order valence-electron chi connectivity index (χ4n) is 1.60. The molecule has 6 nitrogen and oxygen atoms in total. The SMILES string of the molecule is CCC(CN)NC(=O)c1cnn2ccncc12. The number of aromatic nitrogens is 3. The molecule has 0 aliphatic rings. The Labute approximate surface area is 98.8 Å². The first-order valence-corrected chi connectivity index (χ1v) is 5.54. The van der Waals surface area contributed by atoms with Crippen LogP contribution in [0, 0.1) is 0 Å². The molecule has 0 fully saturated rings. The van der Waals surface area contributed by atoms with Crippen LogP contribution in [0.2, 0.25) is 0 Å². The van der Waals surface area contributed by atoms with E-state index in [9.17, 15) is 4.79 Å². The summed E-state index contributed by atoms with van der Waals surface area (Å²) in [4.78, 5) is 16.0. The maximum Gasteiger partial charge on any atom is 0.255 e. The van der Waals surface area contributed by atoms with Crippen molar-refractivity contribution in [3.63, 3.8) is 0 Å². The van der Waals surface area contributed by atoms with Crippen LogP contribution in [-0.4, -0.2) is 33.1 Å². The van der Waals surface area contributed by atoms with Crippen molar-refractivity contribution < 1.29 is 4.79 Å². The molecule has 0 radical (unpaired) electrons. The van der Waals surface area contributed by atoms with Crippen LogP contribution in [0.4, 0.5) is 0 Å². The van der Waals surface area contributed by atoms with Gasteiger partial charge in [-0.25, -0.2) is 4.52 Å². The molecule has 0 saturated carbocycles. The highest BCUT2D eigenvalue weighted by Gasteiger charge is 2.15. The van der Waals surface area contributed by atoms with Gasteiger partial charge in [-0.1, -0.05) is 6.92 Å². The van der Waals surface area contributed by atoms with Gasteiger partial charge in [-0.2, -0.15) is 5.10 Å². The molecular weight excluding hydrogens is 218 g/mol. The van der Waals surface area contributed by atoms with Crippen molar-refractivity contribution in [3.05, 3.63) is 30.4 Å². The first-order valence-electron chi connectivity index (χ1n) is 5.54. The molecule has 1 atom stereocenters. The van der Waals surface area contributed by atoms with Crippen molar-refractivity contribution in [2.24, 2.45) is 5.73 Å². The van der Waals surface area contributed by atoms with Crippen LogP contribution >= 0.6 is 0 Å². The van der Waals surface area contributed by atoms with Crippen LogP contribution in [-0.2, 0) is 0 Å². The molecule has 0 aromatic carbocycles. The van der Waals surface area contributed by atoms with Crippen LogP contribution in [0.15, 0.2) is 24.8 Å². The molecule has 2 heterocycles. The van der Waals surface area contributed by atoms with E-state index >= 15 is 0 Å². The summed E-state index contributed by atoms with van der Waals surface area (Å²) in [6.07, 6.45) is 7.28. The highest BCUT2D eigenvalue weighted by atomic mass is 16.1. The van der Waals surface area contributed by atoms with Gasteiger partial charge in [0.1, 0.15) is 0 Å². The van der Waals surface area contributed by atoms with Gasteiger partial charge in [0.2, 0.25) is 0 Å². The third-order valence-electron chi connectivity index (χ3n) is 2.68. The van der Waals surface area contributed by atoms with Gasteiger partial charge in [0.05, 0.1) is 23.5 Å². The number of rotatable bonds is 4. The molecule has 17 heavy (non-hydrogen) atoms. The summed E-state index contributed by atoms with van der Waals surface area (Å²) in [5.74, 6) is -0.162. The monoisotopic (exact) mass is 233 g/mol. The van der Waals surface area contributed by atoms with E-state index in [2.05, 4.69) is 15.4 Å². The maximum atomic E-state index is 12.0. The molecule has 1 unspecified atom stereocenters. The van der Waals surface area contributed by atoms with Crippen molar-refractivity contribution in [2.45, 2.75) is 19.4 Å². The predicted molar refractivity (Wildman–Crippen MR) is 63.6 cm³/mol. The number of amides is 1. The Morgan fingerprint density at radius 3 is 3.12 bits per heavy atom. The molecule has 0 aliphatic carbocycles. The summed E-state index contributed by atoms with van der Waals surface area (Å²) in [6.45, 7) is 2.41. The molecule has 3 N–H and O–H groups in total. The minimum absolute atomic E-state index is 0.00544. The Morgan fingerprint density at radius 1 is 1.59 bits per heavy atom. The summed E-state index contributed by atoms with van der Waals surface area (Å²) in [6, 6.07) is -0.00544. The molecule has 0 bridgehead atoms. The van der Waals surface area contributed by atoms with Crippen LogP contribution < -0.4 is 11.1 Å². The minimum Gasteiger partial charge on any atom is -0.348 e.